The van der Waals surface area contributed by atoms with E-state index >= 15 is 0 Å². The summed E-state index contributed by atoms with van der Waals surface area (Å²) < 4.78 is 0. The monoisotopic (exact) mass is 247 g/mol. The van der Waals surface area contributed by atoms with Gasteiger partial charge in [0.05, 0.1) is 0 Å². The second-order valence-corrected chi connectivity index (χ2v) is 6.05. The van der Waals surface area contributed by atoms with Crippen LogP contribution in [0.25, 0.3) is 0 Å². The van der Waals surface area contributed by atoms with Crippen LogP contribution in [0, 0.1) is 17.8 Å². The lowest BCUT2D eigenvalue weighted by Gasteiger charge is -2.28. The number of aromatic amines is 1. The Kier molecular flexibility index (Phi) is 3.69. The van der Waals surface area contributed by atoms with Gasteiger partial charge >= 0.3 is 0 Å². The number of imidazole rings is 1. The highest BCUT2D eigenvalue weighted by molar-refractivity contribution is 5.01. The summed E-state index contributed by atoms with van der Waals surface area (Å²) in [6.45, 7) is 3.39. The van der Waals surface area contributed by atoms with Crippen LogP contribution in [0.3, 0.4) is 0 Å². The Morgan fingerprint density at radius 2 is 2.06 bits per heavy atom. The van der Waals surface area contributed by atoms with E-state index in [-0.39, 0.29) is 0 Å². The zero-order valence-corrected chi connectivity index (χ0v) is 11.4. The predicted octanol–water partition coefficient (Wildman–Crippen LogP) is 2.76. The van der Waals surface area contributed by atoms with Crippen LogP contribution in [-0.2, 0) is 6.42 Å². The Hall–Kier alpha value is -0.830. The second-order valence-electron chi connectivity index (χ2n) is 6.05. The van der Waals surface area contributed by atoms with Crippen molar-refractivity contribution in [1.82, 2.24) is 15.3 Å². The molecular weight excluding hydrogens is 222 g/mol. The van der Waals surface area contributed by atoms with Gasteiger partial charge in [-0.2, -0.15) is 0 Å². The van der Waals surface area contributed by atoms with E-state index in [4.69, 9.17) is 0 Å². The molecule has 2 aliphatic rings. The molecule has 2 fully saturated rings. The highest BCUT2D eigenvalue weighted by Gasteiger charge is 2.45. The number of hydrogen-bond donors (Lipinski definition) is 2. The summed E-state index contributed by atoms with van der Waals surface area (Å²) >= 11 is 0. The van der Waals surface area contributed by atoms with Crippen LogP contribution in [0.2, 0.25) is 0 Å². The number of aromatic nitrogens is 2. The molecule has 2 saturated carbocycles. The van der Waals surface area contributed by atoms with Crippen LogP contribution in [0.4, 0.5) is 0 Å². The van der Waals surface area contributed by atoms with E-state index < -0.39 is 0 Å². The van der Waals surface area contributed by atoms with Gasteiger partial charge in [-0.05, 0) is 56.4 Å². The van der Waals surface area contributed by atoms with Crippen molar-refractivity contribution < 1.29 is 0 Å². The van der Waals surface area contributed by atoms with Gasteiger partial charge in [0.15, 0.2) is 0 Å². The molecular formula is C15H25N3. The van der Waals surface area contributed by atoms with Crippen molar-refractivity contribution in [2.45, 2.75) is 51.5 Å². The van der Waals surface area contributed by atoms with Gasteiger partial charge in [-0.3, -0.25) is 0 Å². The maximum absolute atomic E-state index is 4.41. The normalized spacial score (nSPS) is 21.4. The SMILES string of the molecule is CCCNC(Cc1ncc[nH]1)C(C1CC1)C1CC1. The van der Waals surface area contributed by atoms with E-state index in [0.29, 0.717) is 6.04 Å². The lowest BCUT2D eigenvalue weighted by atomic mass is 9.87. The van der Waals surface area contributed by atoms with Crippen LogP contribution < -0.4 is 5.32 Å². The molecule has 0 spiro atoms. The van der Waals surface area contributed by atoms with Crippen LogP contribution in [0.1, 0.15) is 44.9 Å². The van der Waals surface area contributed by atoms with Crippen molar-refractivity contribution in [3.63, 3.8) is 0 Å². The first-order valence-electron chi connectivity index (χ1n) is 7.60. The third-order valence-electron chi connectivity index (χ3n) is 4.42. The molecule has 3 nitrogen and oxygen atoms in total. The molecule has 0 radical (unpaired) electrons. The summed E-state index contributed by atoms with van der Waals surface area (Å²) in [5.74, 6) is 4.06. The Bertz CT molecular complexity index is 340. The predicted molar refractivity (Wildman–Crippen MR) is 73.3 cm³/mol. The van der Waals surface area contributed by atoms with Crippen LogP contribution >= 0.6 is 0 Å². The van der Waals surface area contributed by atoms with E-state index in [1.165, 1.54) is 32.1 Å². The van der Waals surface area contributed by atoms with Crippen molar-refractivity contribution in [2.75, 3.05) is 6.54 Å². The first-order chi connectivity index (χ1) is 8.88. The molecule has 1 unspecified atom stereocenters. The quantitative estimate of drug-likeness (QED) is 0.741. The van der Waals surface area contributed by atoms with Gasteiger partial charge in [0.1, 0.15) is 5.82 Å². The van der Waals surface area contributed by atoms with Crippen LogP contribution in [0.15, 0.2) is 12.4 Å². The average molecular weight is 247 g/mol. The first kappa shape index (κ1) is 12.2. The Labute approximate surface area is 110 Å². The van der Waals surface area contributed by atoms with Crippen molar-refractivity contribution in [3.05, 3.63) is 18.2 Å². The summed E-state index contributed by atoms with van der Waals surface area (Å²) in [6.07, 6.45) is 12.0. The fourth-order valence-electron chi connectivity index (χ4n) is 3.30. The Balaban J connectivity index is 1.66. The average Bonchev–Trinajstić information content (AvgIpc) is 3.30. The first-order valence-corrected chi connectivity index (χ1v) is 7.60. The molecule has 100 valence electrons. The lowest BCUT2D eigenvalue weighted by Crippen LogP contribution is -2.40. The molecule has 0 bridgehead atoms. The largest absolute Gasteiger partial charge is 0.349 e. The third-order valence-corrected chi connectivity index (χ3v) is 4.42. The van der Waals surface area contributed by atoms with E-state index in [9.17, 15) is 0 Å². The molecule has 3 rings (SSSR count). The van der Waals surface area contributed by atoms with E-state index in [2.05, 4.69) is 22.2 Å². The second kappa shape index (κ2) is 5.43. The summed E-state index contributed by atoms with van der Waals surface area (Å²) in [4.78, 5) is 7.68. The molecule has 1 heterocycles. The Morgan fingerprint density at radius 1 is 1.33 bits per heavy atom. The minimum Gasteiger partial charge on any atom is -0.349 e. The van der Waals surface area contributed by atoms with Crippen molar-refractivity contribution >= 4 is 0 Å². The van der Waals surface area contributed by atoms with E-state index in [0.717, 1.165) is 36.5 Å². The molecule has 1 aromatic heterocycles. The standard InChI is InChI=1S/C15H25N3/c1-2-7-16-13(10-14-17-8-9-18-14)15(11-3-4-11)12-5-6-12/h8-9,11-13,15-16H,2-7,10H2,1H3,(H,17,18). The van der Waals surface area contributed by atoms with Crippen molar-refractivity contribution in [2.24, 2.45) is 17.8 Å². The van der Waals surface area contributed by atoms with Gasteiger partial charge in [-0.15, -0.1) is 0 Å². The van der Waals surface area contributed by atoms with Gasteiger partial charge in [0.2, 0.25) is 0 Å². The number of rotatable bonds is 8. The minimum absolute atomic E-state index is 0.635. The highest BCUT2D eigenvalue weighted by atomic mass is 15.0. The summed E-state index contributed by atoms with van der Waals surface area (Å²) in [7, 11) is 0. The molecule has 1 aromatic rings. The minimum atomic E-state index is 0.635. The molecule has 0 aromatic carbocycles. The fourth-order valence-corrected chi connectivity index (χ4v) is 3.30. The molecule has 2 N–H and O–H groups in total. The van der Waals surface area contributed by atoms with Gasteiger partial charge in [-0.25, -0.2) is 4.98 Å². The van der Waals surface area contributed by atoms with Gasteiger partial charge < -0.3 is 10.3 Å². The maximum Gasteiger partial charge on any atom is 0.107 e. The smallest absolute Gasteiger partial charge is 0.107 e. The van der Waals surface area contributed by atoms with E-state index in [1.54, 1.807) is 0 Å². The lowest BCUT2D eigenvalue weighted by molar-refractivity contribution is 0.279. The summed E-state index contributed by atoms with van der Waals surface area (Å²) in [5, 5.41) is 3.79. The van der Waals surface area contributed by atoms with Gasteiger partial charge in [0.25, 0.3) is 0 Å². The molecule has 18 heavy (non-hydrogen) atoms. The number of nitrogens with zero attached hydrogens (tertiary/aromatic N) is 1. The topological polar surface area (TPSA) is 40.7 Å². The van der Waals surface area contributed by atoms with Gasteiger partial charge in [0, 0.05) is 24.9 Å². The van der Waals surface area contributed by atoms with Crippen molar-refractivity contribution in [3.8, 4) is 0 Å². The molecule has 1 atom stereocenters. The van der Waals surface area contributed by atoms with Crippen LogP contribution in [0.5, 0.6) is 0 Å². The zero-order valence-electron chi connectivity index (χ0n) is 11.4. The zero-order chi connectivity index (χ0) is 12.4. The van der Waals surface area contributed by atoms with Gasteiger partial charge in [-0.1, -0.05) is 6.92 Å². The third kappa shape index (κ3) is 2.94. The molecule has 0 aliphatic heterocycles. The van der Waals surface area contributed by atoms with E-state index in [1.807, 2.05) is 12.4 Å². The Morgan fingerprint density at radius 3 is 2.56 bits per heavy atom. The summed E-state index contributed by atoms with van der Waals surface area (Å²) in [6, 6.07) is 0.635. The summed E-state index contributed by atoms with van der Waals surface area (Å²) in [5.41, 5.74) is 0. The van der Waals surface area contributed by atoms with Crippen molar-refractivity contribution in [1.29, 1.82) is 0 Å². The molecule has 3 heteroatoms. The van der Waals surface area contributed by atoms with Crippen LogP contribution in [-0.4, -0.2) is 22.6 Å². The number of nitrogens with one attached hydrogen (secondary N) is 2. The molecule has 2 aliphatic carbocycles. The number of hydrogen-bond acceptors (Lipinski definition) is 2. The molecule has 0 amide bonds. The number of H-pyrrole nitrogens is 1. The molecule has 0 saturated heterocycles. The fraction of sp³-hybridized carbons (Fsp3) is 0.800. The maximum atomic E-state index is 4.41. The highest BCUT2D eigenvalue weighted by Crippen LogP contribution is 2.51.